The van der Waals surface area contributed by atoms with Gasteiger partial charge in [-0.1, -0.05) is 115 Å². The molecule has 0 saturated heterocycles. The van der Waals surface area contributed by atoms with Gasteiger partial charge in [-0.2, -0.15) is 0 Å². The van der Waals surface area contributed by atoms with Crippen molar-refractivity contribution in [1.82, 2.24) is 19.5 Å². The number of para-hydroxylation sites is 5. The van der Waals surface area contributed by atoms with Crippen LogP contribution in [0.2, 0.25) is 0 Å². The standard InChI is InChI=1S/C39H26N4/c1-3-12-28(13-4-1)37-38(41-34-19-8-7-18-33(34)40-37)29-24-22-27(23-25-29)30-14-11-15-31(26-30)39-42-35-20-9-10-21-36(35)43(39)32-16-5-2-6-17-32/h1-26H. The minimum Gasteiger partial charge on any atom is -0.292 e. The summed E-state index contributed by atoms with van der Waals surface area (Å²) in [6.45, 7) is 0. The highest BCUT2D eigenvalue weighted by molar-refractivity contribution is 5.87. The van der Waals surface area contributed by atoms with Gasteiger partial charge in [0.25, 0.3) is 0 Å². The van der Waals surface area contributed by atoms with Gasteiger partial charge in [-0.25, -0.2) is 15.0 Å². The highest BCUT2D eigenvalue weighted by Crippen LogP contribution is 2.34. The van der Waals surface area contributed by atoms with E-state index in [1.54, 1.807) is 0 Å². The van der Waals surface area contributed by atoms with Gasteiger partial charge in [0, 0.05) is 22.4 Å². The average Bonchev–Trinajstić information content (AvgIpc) is 3.48. The summed E-state index contributed by atoms with van der Waals surface area (Å²) in [4.78, 5) is 15.1. The zero-order chi connectivity index (χ0) is 28.6. The molecule has 0 atom stereocenters. The lowest BCUT2D eigenvalue weighted by atomic mass is 9.98. The number of benzene rings is 6. The first-order valence-corrected chi connectivity index (χ1v) is 14.4. The maximum atomic E-state index is 5.06. The summed E-state index contributed by atoms with van der Waals surface area (Å²) in [5.74, 6) is 0.921. The van der Waals surface area contributed by atoms with E-state index >= 15 is 0 Å². The summed E-state index contributed by atoms with van der Waals surface area (Å²) >= 11 is 0. The van der Waals surface area contributed by atoms with Crippen molar-refractivity contribution in [3.8, 4) is 50.7 Å². The lowest BCUT2D eigenvalue weighted by Gasteiger charge is -2.12. The molecule has 0 N–H and O–H groups in total. The van der Waals surface area contributed by atoms with Crippen molar-refractivity contribution in [3.63, 3.8) is 0 Å². The van der Waals surface area contributed by atoms with Crippen LogP contribution >= 0.6 is 0 Å². The van der Waals surface area contributed by atoms with E-state index in [2.05, 4.69) is 108 Å². The summed E-state index contributed by atoms with van der Waals surface area (Å²) in [5, 5.41) is 0. The predicted molar refractivity (Wildman–Crippen MR) is 176 cm³/mol. The van der Waals surface area contributed by atoms with E-state index in [-0.39, 0.29) is 0 Å². The fraction of sp³-hybridized carbons (Fsp3) is 0. The average molecular weight is 551 g/mol. The van der Waals surface area contributed by atoms with E-state index in [9.17, 15) is 0 Å². The van der Waals surface area contributed by atoms with Gasteiger partial charge in [0.2, 0.25) is 0 Å². The maximum Gasteiger partial charge on any atom is 0.145 e. The topological polar surface area (TPSA) is 43.6 Å². The van der Waals surface area contributed by atoms with E-state index in [1.165, 1.54) is 0 Å². The second kappa shape index (κ2) is 10.5. The van der Waals surface area contributed by atoms with Gasteiger partial charge in [0.05, 0.1) is 33.5 Å². The second-order valence-corrected chi connectivity index (χ2v) is 10.5. The monoisotopic (exact) mass is 550 g/mol. The molecule has 202 valence electrons. The first-order chi connectivity index (χ1) is 21.3. The third-order valence-corrected chi connectivity index (χ3v) is 7.81. The SMILES string of the molecule is c1ccc(-c2nc3ccccc3nc2-c2ccc(-c3cccc(-c4nc5ccccc5n4-c4ccccc4)c3)cc2)cc1. The van der Waals surface area contributed by atoms with Crippen molar-refractivity contribution in [2.24, 2.45) is 0 Å². The van der Waals surface area contributed by atoms with Crippen LogP contribution in [0, 0.1) is 0 Å². The van der Waals surface area contributed by atoms with Gasteiger partial charge in [-0.15, -0.1) is 0 Å². The van der Waals surface area contributed by atoms with Crippen LogP contribution in [0.5, 0.6) is 0 Å². The van der Waals surface area contributed by atoms with Gasteiger partial charge in [-0.05, 0) is 53.6 Å². The van der Waals surface area contributed by atoms with E-state index in [0.717, 1.165) is 72.8 Å². The molecule has 0 aliphatic rings. The van der Waals surface area contributed by atoms with Crippen LogP contribution in [0.15, 0.2) is 158 Å². The number of nitrogens with zero attached hydrogens (tertiary/aromatic N) is 4. The summed E-state index contributed by atoms with van der Waals surface area (Å²) in [6.07, 6.45) is 0. The Bertz CT molecular complexity index is 2220. The van der Waals surface area contributed by atoms with Crippen LogP contribution in [-0.4, -0.2) is 19.5 Å². The molecule has 0 saturated carbocycles. The third kappa shape index (κ3) is 4.55. The minimum atomic E-state index is 0.877. The number of imidazole rings is 1. The molecule has 2 heterocycles. The van der Waals surface area contributed by atoms with Gasteiger partial charge < -0.3 is 0 Å². The number of hydrogen-bond acceptors (Lipinski definition) is 3. The van der Waals surface area contributed by atoms with Crippen LogP contribution in [0.25, 0.3) is 72.8 Å². The lowest BCUT2D eigenvalue weighted by Crippen LogP contribution is -1.97. The lowest BCUT2D eigenvalue weighted by molar-refractivity contribution is 1.10. The number of rotatable bonds is 5. The molecule has 2 aromatic heterocycles. The fourth-order valence-corrected chi connectivity index (χ4v) is 5.72. The van der Waals surface area contributed by atoms with E-state index in [0.29, 0.717) is 0 Å². The molecule has 4 heteroatoms. The van der Waals surface area contributed by atoms with Crippen molar-refractivity contribution in [3.05, 3.63) is 158 Å². The maximum absolute atomic E-state index is 5.06. The van der Waals surface area contributed by atoms with E-state index < -0.39 is 0 Å². The molecule has 8 aromatic rings. The first kappa shape index (κ1) is 24.9. The molecule has 0 fully saturated rings. The zero-order valence-corrected chi connectivity index (χ0v) is 23.3. The van der Waals surface area contributed by atoms with Crippen molar-refractivity contribution in [2.45, 2.75) is 0 Å². The van der Waals surface area contributed by atoms with E-state index in [4.69, 9.17) is 15.0 Å². The summed E-state index contributed by atoms with van der Waals surface area (Å²) in [7, 11) is 0. The molecule has 0 spiro atoms. The Balaban J connectivity index is 1.21. The molecule has 43 heavy (non-hydrogen) atoms. The molecule has 0 unspecified atom stereocenters. The molecular formula is C39H26N4. The van der Waals surface area contributed by atoms with Crippen molar-refractivity contribution < 1.29 is 0 Å². The van der Waals surface area contributed by atoms with E-state index in [1.807, 2.05) is 54.6 Å². The molecule has 0 aliphatic carbocycles. The second-order valence-electron chi connectivity index (χ2n) is 10.5. The highest BCUT2D eigenvalue weighted by atomic mass is 15.1. The van der Waals surface area contributed by atoms with Crippen LogP contribution in [0.1, 0.15) is 0 Å². The molecule has 6 aromatic carbocycles. The van der Waals surface area contributed by atoms with Crippen molar-refractivity contribution in [1.29, 1.82) is 0 Å². The van der Waals surface area contributed by atoms with Crippen molar-refractivity contribution in [2.75, 3.05) is 0 Å². The molecule has 4 nitrogen and oxygen atoms in total. The quantitative estimate of drug-likeness (QED) is 0.214. The fourth-order valence-electron chi connectivity index (χ4n) is 5.72. The smallest absolute Gasteiger partial charge is 0.145 e. The largest absolute Gasteiger partial charge is 0.292 e. The Morgan fingerprint density at radius 1 is 0.349 bits per heavy atom. The highest BCUT2D eigenvalue weighted by Gasteiger charge is 2.16. The van der Waals surface area contributed by atoms with Crippen LogP contribution in [-0.2, 0) is 0 Å². The summed E-state index contributed by atoms with van der Waals surface area (Å²) in [6, 6.07) is 54.3. The normalized spacial score (nSPS) is 11.3. The third-order valence-electron chi connectivity index (χ3n) is 7.81. The molecule has 0 aliphatic heterocycles. The van der Waals surface area contributed by atoms with Gasteiger partial charge >= 0.3 is 0 Å². The Morgan fingerprint density at radius 3 is 1.56 bits per heavy atom. The Morgan fingerprint density at radius 2 is 0.860 bits per heavy atom. The number of fused-ring (bicyclic) bond motifs is 2. The van der Waals surface area contributed by atoms with Crippen LogP contribution in [0.3, 0.4) is 0 Å². The molecule has 0 bridgehead atoms. The molecule has 0 radical (unpaired) electrons. The molecular weight excluding hydrogens is 524 g/mol. The molecule has 8 rings (SSSR count). The Kier molecular flexibility index (Phi) is 6.08. The number of aromatic nitrogens is 4. The first-order valence-electron chi connectivity index (χ1n) is 14.4. The van der Waals surface area contributed by atoms with Gasteiger partial charge in [0.1, 0.15) is 5.82 Å². The van der Waals surface area contributed by atoms with Crippen LogP contribution < -0.4 is 0 Å². The molecule has 0 amide bonds. The van der Waals surface area contributed by atoms with Gasteiger partial charge in [-0.3, -0.25) is 4.57 Å². The van der Waals surface area contributed by atoms with Crippen molar-refractivity contribution >= 4 is 22.1 Å². The number of hydrogen-bond donors (Lipinski definition) is 0. The Labute approximate surface area is 249 Å². The van der Waals surface area contributed by atoms with Crippen LogP contribution in [0.4, 0.5) is 0 Å². The zero-order valence-electron chi connectivity index (χ0n) is 23.3. The van der Waals surface area contributed by atoms with Gasteiger partial charge in [0.15, 0.2) is 0 Å². The summed E-state index contributed by atoms with van der Waals surface area (Å²) < 4.78 is 2.24. The Hall–Kier alpha value is -5.87. The summed E-state index contributed by atoms with van der Waals surface area (Å²) in [5.41, 5.74) is 12.1. The predicted octanol–water partition coefficient (Wildman–Crippen LogP) is 9.64. The minimum absolute atomic E-state index is 0.877.